The van der Waals surface area contributed by atoms with Crippen LogP contribution in [0.15, 0.2) is 0 Å². The highest BCUT2D eigenvalue weighted by Crippen LogP contribution is 2.30. The van der Waals surface area contributed by atoms with Crippen LogP contribution in [-0.2, 0) is 14.4 Å². The van der Waals surface area contributed by atoms with Crippen LogP contribution in [0.3, 0.4) is 0 Å². The minimum Gasteiger partial charge on any atom is -0.342 e. The molecule has 1 unspecified atom stereocenters. The predicted molar refractivity (Wildman–Crippen MR) is 110 cm³/mol. The first-order chi connectivity index (χ1) is 14.1. The Kier molecular flexibility index (Phi) is 6.73. The molecule has 0 aromatic rings. The molecule has 3 aliphatic heterocycles. The molecule has 0 aromatic heterocycles. The molecule has 7 heteroatoms. The van der Waals surface area contributed by atoms with Gasteiger partial charge in [0.25, 0.3) is 0 Å². The van der Waals surface area contributed by atoms with Crippen molar-refractivity contribution in [2.24, 2.45) is 5.92 Å². The summed E-state index contributed by atoms with van der Waals surface area (Å²) < 4.78 is 0. The van der Waals surface area contributed by atoms with Crippen molar-refractivity contribution >= 4 is 17.7 Å². The molecule has 0 N–H and O–H groups in total. The Bertz CT molecular complexity index is 603. The molecule has 0 aromatic carbocycles. The SMILES string of the molecule is O=C(CN1CCN(C(=O)C2CC(=O)N(C3CCCC3)C2)CC1)N1CCCCCC1. The van der Waals surface area contributed by atoms with E-state index in [1.807, 2.05) is 14.7 Å². The maximum atomic E-state index is 13.0. The average molecular weight is 405 g/mol. The summed E-state index contributed by atoms with van der Waals surface area (Å²) in [6, 6.07) is 0.363. The molecule has 3 heterocycles. The van der Waals surface area contributed by atoms with Crippen LogP contribution in [-0.4, -0.2) is 95.7 Å². The summed E-state index contributed by atoms with van der Waals surface area (Å²) in [5.41, 5.74) is 0. The second-order valence-corrected chi connectivity index (χ2v) is 9.28. The average Bonchev–Trinajstić information content (AvgIpc) is 3.30. The molecule has 0 spiro atoms. The lowest BCUT2D eigenvalue weighted by Crippen LogP contribution is -2.53. The summed E-state index contributed by atoms with van der Waals surface area (Å²) in [6.45, 7) is 5.70. The van der Waals surface area contributed by atoms with Crippen molar-refractivity contribution in [3.8, 4) is 0 Å². The first-order valence-corrected chi connectivity index (χ1v) is 11.7. The van der Waals surface area contributed by atoms with Gasteiger partial charge in [-0.05, 0) is 25.7 Å². The van der Waals surface area contributed by atoms with Crippen molar-refractivity contribution in [1.29, 1.82) is 0 Å². The van der Waals surface area contributed by atoms with Gasteiger partial charge in [-0.2, -0.15) is 0 Å². The van der Waals surface area contributed by atoms with Crippen LogP contribution in [0.2, 0.25) is 0 Å². The van der Waals surface area contributed by atoms with E-state index in [1.165, 1.54) is 25.7 Å². The number of nitrogens with zero attached hydrogens (tertiary/aromatic N) is 4. The van der Waals surface area contributed by atoms with Gasteiger partial charge in [0.2, 0.25) is 17.7 Å². The van der Waals surface area contributed by atoms with Crippen molar-refractivity contribution in [3.05, 3.63) is 0 Å². The van der Waals surface area contributed by atoms with Gasteiger partial charge < -0.3 is 14.7 Å². The number of hydrogen-bond acceptors (Lipinski definition) is 4. The maximum Gasteiger partial charge on any atom is 0.236 e. The quantitative estimate of drug-likeness (QED) is 0.709. The third-order valence-electron chi connectivity index (χ3n) is 7.27. The van der Waals surface area contributed by atoms with E-state index in [0.29, 0.717) is 38.6 Å². The van der Waals surface area contributed by atoms with Gasteiger partial charge in [0.1, 0.15) is 0 Å². The van der Waals surface area contributed by atoms with E-state index < -0.39 is 0 Å². The van der Waals surface area contributed by atoms with Crippen molar-refractivity contribution < 1.29 is 14.4 Å². The van der Waals surface area contributed by atoms with Crippen molar-refractivity contribution in [2.75, 3.05) is 52.4 Å². The third kappa shape index (κ3) is 4.93. The van der Waals surface area contributed by atoms with Crippen LogP contribution in [0.4, 0.5) is 0 Å². The number of carbonyl (C=O) groups is 3. The Morgan fingerprint density at radius 3 is 2.10 bits per heavy atom. The number of rotatable bonds is 4. The first-order valence-electron chi connectivity index (χ1n) is 11.7. The second kappa shape index (κ2) is 9.45. The zero-order valence-corrected chi connectivity index (χ0v) is 17.7. The Balaban J connectivity index is 1.22. The van der Waals surface area contributed by atoms with Crippen molar-refractivity contribution in [3.63, 3.8) is 0 Å². The Morgan fingerprint density at radius 1 is 0.793 bits per heavy atom. The summed E-state index contributed by atoms with van der Waals surface area (Å²) in [7, 11) is 0. The minimum absolute atomic E-state index is 0.136. The fourth-order valence-electron chi connectivity index (χ4n) is 5.46. The van der Waals surface area contributed by atoms with E-state index in [4.69, 9.17) is 0 Å². The molecule has 3 saturated heterocycles. The van der Waals surface area contributed by atoms with Gasteiger partial charge in [-0.1, -0.05) is 25.7 Å². The Morgan fingerprint density at radius 2 is 1.45 bits per heavy atom. The zero-order chi connectivity index (χ0) is 20.2. The largest absolute Gasteiger partial charge is 0.342 e. The highest BCUT2D eigenvalue weighted by Gasteiger charge is 2.40. The molecule has 4 aliphatic rings. The standard InChI is InChI=1S/C22H36N4O3/c27-20-15-18(16-26(20)19-7-3-4-8-19)22(29)25-13-11-23(12-14-25)17-21(28)24-9-5-1-2-6-10-24/h18-19H,1-17H2. The van der Waals surface area contributed by atoms with Crippen molar-refractivity contribution in [2.45, 2.75) is 63.8 Å². The normalized spacial score (nSPS) is 27.5. The second-order valence-electron chi connectivity index (χ2n) is 9.28. The molecule has 0 bridgehead atoms. The number of likely N-dealkylation sites (tertiary alicyclic amines) is 2. The van der Waals surface area contributed by atoms with Gasteiger partial charge in [0.05, 0.1) is 12.5 Å². The molecule has 29 heavy (non-hydrogen) atoms. The van der Waals surface area contributed by atoms with Crippen LogP contribution in [0.1, 0.15) is 57.8 Å². The number of carbonyl (C=O) groups excluding carboxylic acids is 3. The topological polar surface area (TPSA) is 64.2 Å². The van der Waals surface area contributed by atoms with Crippen LogP contribution in [0.25, 0.3) is 0 Å². The number of hydrogen-bond donors (Lipinski definition) is 0. The molecule has 7 nitrogen and oxygen atoms in total. The molecule has 1 atom stereocenters. The lowest BCUT2D eigenvalue weighted by atomic mass is 10.1. The van der Waals surface area contributed by atoms with Gasteiger partial charge in [0.15, 0.2) is 0 Å². The van der Waals surface area contributed by atoms with E-state index in [1.54, 1.807) is 0 Å². The summed E-state index contributed by atoms with van der Waals surface area (Å²) >= 11 is 0. The van der Waals surface area contributed by atoms with E-state index >= 15 is 0 Å². The highest BCUT2D eigenvalue weighted by atomic mass is 16.2. The van der Waals surface area contributed by atoms with Crippen molar-refractivity contribution in [1.82, 2.24) is 19.6 Å². The minimum atomic E-state index is -0.173. The molecule has 1 saturated carbocycles. The fraction of sp³-hybridized carbons (Fsp3) is 0.864. The Hall–Kier alpha value is -1.63. The summed E-state index contributed by atoms with van der Waals surface area (Å²) in [4.78, 5) is 46.1. The van der Waals surface area contributed by atoms with Gasteiger partial charge >= 0.3 is 0 Å². The van der Waals surface area contributed by atoms with E-state index in [-0.39, 0.29) is 23.6 Å². The van der Waals surface area contributed by atoms with Crippen LogP contribution in [0.5, 0.6) is 0 Å². The molecule has 4 rings (SSSR count). The monoisotopic (exact) mass is 404 g/mol. The molecule has 4 fully saturated rings. The molecule has 0 radical (unpaired) electrons. The van der Waals surface area contributed by atoms with E-state index in [0.717, 1.165) is 51.9 Å². The summed E-state index contributed by atoms with van der Waals surface area (Å²) in [5.74, 6) is 0.364. The van der Waals surface area contributed by atoms with E-state index in [2.05, 4.69) is 4.90 Å². The first kappa shape index (κ1) is 20.6. The predicted octanol–water partition coefficient (Wildman–Crippen LogP) is 1.32. The van der Waals surface area contributed by atoms with Crippen LogP contribution < -0.4 is 0 Å². The van der Waals surface area contributed by atoms with Crippen LogP contribution >= 0.6 is 0 Å². The third-order valence-corrected chi connectivity index (χ3v) is 7.27. The number of piperazine rings is 1. The van der Waals surface area contributed by atoms with Gasteiger partial charge in [-0.3, -0.25) is 19.3 Å². The van der Waals surface area contributed by atoms with Gasteiger partial charge in [0, 0.05) is 58.3 Å². The summed E-state index contributed by atoms with van der Waals surface area (Å²) in [6.07, 6.45) is 9.66. The fourth-order valence-corrected chi connectivity index (χ4v) is 5.46. The smallest absolute Gasteiger partial charge is 0.236 e. The highest BCUT2D eigenvalue weighted by molar-refractivity contribution is 5.89. The molecular formula is C22H36N4O3. The maximum absolute atomic E-state index is 13.0. The lowest BCUT2D eigenvalue weighted by molar-refractivity contribution is -0.138. The number of amides is 3. The molecular weight excluding hydrogens is 368 g/mol. The van der Waals surface area contributed by atoms with Gasteiger partial charge in [-0.25, -0.2) is 0 Å². The molecule has 3 amide bonds. The lowest BCUT2D eigenvalue weighted by Gasteiger charge is -2.36. The molecule has 162 valence electrons. The Labute approximate surface area is 174 Å². The van der Waals surface area contributed by atoms with Gasteiger partial charge in [-0.15, -0.1) is 0 Å². The van der Waals surface area contributed by atoms with Crippen LogP contribution in [0, 0.1) is 5.92 Å². The molecule has 1 aliphatic carbocycles. The van der Waals surface area contributed by atoms with E-state index in [9.17, 15) is 14.4 Å². The zero-order valence-electron chi connectivity index (χ0n) is 17.7. The summed E-state index contributed by atoms with van der Waals surface area (Å²) in [5, 5.41) is 0.